The summed E-state index contributed by atoms with van der Waals surface area (Å²) in [5.41, 5.74) is 0.441. The second kappa shape index (κ2) is 3.98. The molecule has 0 aliphatic carbocycles. The van der Waals surface area contributed by atoms with Crippen LogP contribution in [0.15, 0.2) is 12.1 Å². The first-order valence-corrected chi connectivity index (χ1v) is 4.03. The number of nitrogens with zero attached hydrogens (tertiary/aromatic N) is 1. The summed E-state index contributed by atoms with van der Waals surface area (Å²) in [7, 11) is 0. The fraction of sp³-hybridized carbons (Fsp3) is 0.333. The van der Waals surface area contributed by atoms with Crippen LogP contribution < -0.4 is 0 Å². The lowest BCUT2D eigenvalue weighted by molar-refractivity contribution is 0.0696. The van der Waals surface area contributed by atoms with E-state index in [0.29, 0.717) is 12.1 Å². The quantitative estimate of drug-likeness (QED) is 0.728. The second-order valence-electron chi connectivity index (χ2n) is 2.73. The molecule has 1 heterocycles. The number of aromatic carboxylic acids is 1. The van der Waals surface area contributed by atoms with Gasteiger partial charge in [-0.05, 0) is 12.5 Å². The predicted octanol–water partition coefficient (Wildman–Crippen LogP) is 1.87. The van der Waals surface area contributed by atoms with E-state index in [4.69, 9.17) is 5.11 Å². The number of pyridine rings is 1. The smallest absolute Gasteiger partial charge is 0.335 e. The van der Waals surface area contributed by atoms with Crippen LogP contribution in [-0.2, 0) is 6.42 Å². The predicted molar refractivity (Wildman–Crippen MR) is 45.1 cm³/mol. The summed E-state index contributed by atoms with van der Waals surface area (Å²) in [6.07, 6.45) is 1.41. The first-order chi connectivity index (χ1) is 6.13. The summed E-state index contributed by atoms with van der Waals surface area (Å²) in [5, 5.41) is 8.61. The van der Waals surface area contributed by atoms with Gasteiger partial charge in [0, 0.05) is 11.8 Å². The third kappa shape index (κ3) is 2.50. The van der Waals surface area contributed by atoms with Crippen molar-refractivity contribution in [1.82, 2.24) is 4.98 Å². The summed E-state index contributed by atoms with van der Waals surface area (Å²) in [5.74, 6) is -1.86. The maximum atomic E-state index is 12.7. The van der Waals surface area contributed by atoms with Crippen molar-refractivity contribution < 1.29 is 14.3 Å². The molecule has 4 heteroatoms. The zero-order valence-electron chi connectivity index (χ0n) is 7.25. The molecule has 0 bridgehead atoms. The third-order valence-electron chi connectivity index (χ3n) is 1.60. The number of hydrogen-bond donors (Lipinski definition) is 1. The van der Waals surface area contributed by atoms with E-state index < -0.39 is 11.9 Å². The van der Waals surface area contributed by atoms with E-state index in [1.807, 2.05) is 6.92 Å². The molecule has 1 aromatic heterocycles. The molecule has 0 radical (unpaired) electrons. The second-order valence-corrected chi connectivity index (χ2v) is 2.73. The average molecular weight is 183 g/mol. The molecule has 0 spiro atoms. The van der Waals surface area contributed by atoms with Crippen LogP contribution in [0.4, 0.5) is 4.39 Å². The van der Waals surface area contributed by atoms with Gasteiger partial charge in [0.15, 0.2) is 0 Å². The molecule has 13 heavy (non-hydrogen) atoms. The van der Waals surface area contributed by atoms with E-state index in [2.05, 4.69) is 4.98 Å². The lowest BCUT2D eigenvalue weighted by atomic mass is 10.2. The molecular formula is C9H10FNO2. The Morgan fingerprint density at radius 1 is 1.62 bits per heavy atom. The Morgan fingerprint density at radius 3 is 2.85 bits per heavy atom. The maximum absolute atomic E-state index is 12.7. The van der Waals surface area contributed by atoms with Gasteiger partial charge in [0.2, 0.25) is 5.95 Å². The van der Waals surface area contributed by atoms with Gasteiger partial charge >= 0.3 is 5.97 Å². The molecule has 0 fully saturated rings. The molecule has 0 unspecified atom stereocenters. The largest absolute Gasteiger partial charge is 0.478 e. The fourth-order valence-corrected chi connectivity index (χ4v) is 1.06. The van der Waals surface area contributed by atoms with Crippen molar-refractivity contribution in [3.63, 3.8) is 0 Å². The number of hydrogen-bond acceptors (Lipinski definition) is 2. The van der Waals surface area contributed by atoms with Crippen LogP contribution in [0.25, 0.3) is 0 Å². The van der Waals surface area contributed by atoms with Crippen molar-refractivity contribution in [3.05, 3.63) is 29.3 Å². The summed E-state index contributed by atoms with van der Waals surface area (Å²) in [6, 6.07) is 2.32. The van der Waals surface area contributed by atoms with Gasteiger partial charge in [-0.25, -0.2) is 9.78 Å². The first kappa shape index (κ1) is 9.64. The van der Waals surface area contributed by atoms with Crippen LogP contribution in [0, 0.1) is 5.95 Å². The number of aryl methyl sites for hydroxylation is 1. The Balaban J connectivity index is 3.03. The van der Waals surface area contributed by atoms with E-state index >= 15 is 0 Å². The molecular weight excluding hydrogens is 173 g/mol. The van der Waals surface area contributed by atoms with Gasteiger partial charge < -0.3 is 5.11 Å². The zero-order valence-corrected chi connectivity index (χ0v) is 7.25. The summed E-state index contributed by atoms with van der Waals surface area (Å²) in [4.78, 5) is 14.1. The molecule has 0 atom stereocenters. The van der Waals surface area contributed by atoms with Crippen LogP contribution >= 0.6 is 0 Å². The topological polar surface area (TPSA) is 50.2 Å². The van der Waals surface area contributed by atoms with Gasteiger partial charge in [0.05, 0.1) is 5.56 Å². The molecule has 0 aliphatic heterocycles. The molecule has 0 aliphatic rings. The third-order valence-corrected chi connectivity index (χ3v) is 1.60. The van der Waals surface area contributed by atoms with Gasteiger partial charge in [-0.15, -0.1) is 0 Å². The van der Waals surface area contributed by atoms with Gasteiger partial charge in [-0.1, -0.05) is 13.3 Å². The minimum atomic E-state index is -1.13. The molecule has 1 aromatic rings. The van der Waals surface area contributed by atoms with Crippen molar-refractivity contribution in [1.29, 1.82) is 0 Å². The van der Waals surface area contributed by atoms with E-state index in [9.17, 15) is 9.18 Å². The van der Waals surface area contributed by atoms with Gasteiger partial charge in [-0.3, -0.25) is 0 Å². The van der Waals surface area contributed by atoms with E-state index in [1.165, 1.54) is 6.07 Å². The highest BCUT2D eigenvalue weighted by atomic mass is 19.1. The number of halogens is 1. The van der Waals surface area contributed by atoms with Gasteiger partial charge in [0.1, 0.15) is 0 Å². The van der Waals surface area contributed by atoms with Gasteiger partial charge in [0.25, 0.3) is 0 Å². The maximum Gasteiger partial charge on any atom is 0.335 e. The van der Waals surface area contributed by atoms with Gasteiger partial charge in [-0.2, -0.15) is 4.39 Å². The van der Waals surface area contributed by atoms with E-state index in [0.717, 1.165) is 12.5 Å². The molecule has 1 N–H and O–H groups in total. The number of carboxylic acids is 1. The summed E-state index contributed by atoms with van der Waals surface area (Å²) < 4.78 is 12.7. The van der Waals surface area contributed by atoms with E-state index in [-0.39, 0.29) is 5.56 Å². The standard InChI is InChI=1S/C9H10FNO2/c1-2-3-7-4-6(9(12)13)5-8(10)11-7/h4-5H,2-3H2,1H3,(H,12,13). The lowest BCUT2D eigenvalue weighted by Crippen LogP contribution is -2.01. The minimum absolute atomic E-state index is 0.0454. The van der Waals surface area contributed by atoms with Crippen molar-refractivity contribution in [2.45, 2.75) is 19.8 Å². The Hall–Kier alpha value is -1.45. The summed E-state index contributed by atoms with van der Waals surface area (Å²) in [6.45, 7) is 1.92. The monoisotopic (exact) mass is 183 g/mol. The number of carbonyl (C=O) groups is 1. The van der Waals surface area contributed by atoms with Crippen molar-refractivity contribution >= 4 is 5.97 Å². The number of carboxylic acid groups (broad SMARTS) is 1. The molecule has 70 valence electrons. The Kier molecular flexibility index (Phi) is 2.95. The number of rotatable bonds is 3. The Bertz CT molecular complexity index is 325. The molecule has 1 rings (SSSR count). The fourth-order valence-electron chi connectivity index (χ4n) is 1.06. The van der Waals surface area contributed by atoms with Crippen molar-refractivity contribution in [3.8, 4) is 0 Å². The Labute approximate surface area is 75.2 Å². The highest BCUT2D eigenvalue weighted by Crippen LogP contribution is 2.07. The van der Waals surface area contributed by atoms with Crippen molar-refractivity contribution in [2.24, 2.45) is 0 Å². The minimum Gasteiger partial charge on any atom is -0.478 e. The van der Waals surface area contributed by atoms with Crippen LogP contribution in [0.5, 0.6) is 0 Å². The molecule has 0 saturated heterocycles. The average Bonchev–Trinajstić information content (AvgIpc) is 2.03. The molecule has 0 aromatic carbocycles. The normalized spacial score (nSPS) is 10.0. The Morgan fingerprint density at radius 2 is 2.31 bits per heavy atom. The van der Waals surface area contributed by atoms with Crippen LogP contribution in [0.1, 0.15) is 29.4 Å². The van der Waals surface area contributed by atoms with Crippen LogP contribution in [0.2, 0.25) is 0 Å². The van der Waals surface area contributed by atoms with E-state index in [1.54, 1.807) is 0 Å². The van der Waals surface area contributed by atoms with Crippen LogP contribution in [-0.4, -0.2) is 16.1 Å². The van der Waals surface area contributed by atoms with Crippen molar-refractivity contribution in [2.75, 3.05) is 0 Å². The SMILES string of the molecule is CCCc1cc(C(=O)O)cc(F)n1. The number of aromatic nitrogens is 1. The molecule has 0 saturated carbocycles. The first-order valence-electron chi connectivity index (χ1n) is 4.03. The van der Waals surface area contributed by atoms with Crippen LogP contribution in [0.3, 0.4) is 0 Å². The zero-order chi connectivity index (χ0) is 9.84. The highest BCUT2D eigenvalue weighted by molar-refractivity contribution is 5.87. The lowest BCUT2D eigenvalue weighted by Gasteiger charge is -2.00. The molecule has 0 amide bonds. The highest BCUT2D eigenvalue weighted by Gasteiger charge is 2.07. The summed E-state index contributed by atoms with van der Waals surface area (Å²) >= 11 is 0. The molecule has 3 nitrogen and oxygen atoms in total.